The standard InChI is InChI=1S/C20H17ClN4O2/c1-2-6-13-7-5-8-14(19(13)26)12-22-25-20(27)18-11-17(23-24-18)15-9-3-4-10-16(15)21/h2-5,7-12,26H,1,6H2,(H,23,24)(H,25,27). The number of carbonyl (C=O) groups excluding carboxylic acids is 1. The number of phenols is 1. The number of hydrazone groups is 1. The molecule has 0 atom stereocenters. The van der Waals surface area contributed by atoms with E-state index in [0.717, 1.165) is 11.1 Å². The van der Waals surface area contributed by atoms with Crippen molar-refractivity contribution in [2.75, 3.05) is 0 Å². The summed E-state index contributed by atoms with van der Waals surface area (Å²) >= 11 is 6.14. The minimum Gasteiger partial charge on any atom is -0.507 e. The molecule has 0 unspecified atom stereocenters. The Bertz CT molecular complexity index is 1010. The van der Waals surface area contributed by atoms with Gasteiger partial charge in [-0.1, -0.05) is 48.0 Å². The first-order valence-corrected chi connectivity index (χ1v) is 8.53. The molecule has 3 rings (SSSR count). The number of H-pyrrole nitrogens is 1. The number of rotatable bonds is 6. The summed E-state index contributed by atoms with van der Waals surface area (Å²) in [4.78, 5) is 12.2. The SMILES string of the molecule is C=CCc1cccc(C=NNC(=O)c2cc(-c3ccccc3Cl)n[nH]2)c1O. The second kappa shape index (κ2) is 8.33. The van der Waals surface area contributed by atoms with Gasteiger partial charge in [0.05, 0.1) is 16.9 Å². The lowest BCUT2D eigenvalue weighted by atomic mass is 10.1. The van der Waals surface area contributed by atoms with Crippen molar-refractivity contribution >= 4 is 23.7 Å². The van der Waals surface area contributed by atoms with Crippen LogP contribution in [0.25, 0.3) is 11.3 Å². The summed E-state index contributed by atoms with van der Waals surface area (Å²) in [6.45, 7) is 3.66. The summed E-state index contributed by atoms with van der Waals surface area (Å²) < 4.78 is 0. The Morgan fingerprint density at radius 3 is 2.89 bits per heavy atom. The van der Waals surface area contributed by atoms with Crippen LogP contribution in [0.1, 0.15) is 21.6 Å². The molecule has 0 aliphatic carbocycles. The van der Waals surface area contributed by atoms with Crippen molar-refractivity contribution in [2.45, 2.75) is 6.42 Å². The molecule has 1 amide bonds. The summed E-state index contributed by atoms with van der Waals surface area (Å²) in [5, 5.41) is 21.4. The quantitative estimate of drug-likeness (QED) is 0.344. The average molecular weight is 381 g/mol. The van der Waals surface area contributed by atoms with Gasteiger partial charge in [-0.05, 0) is 30.2 Å². The molecule has 0 fully saturated rings. The molecule has 0 radical (unpaired) electrons. The number of aromatic nitrogens is 2. The van der Waals surface area contributed by atoms with Gasteiger partial charge in [0, 0.05) is 11.1 Å². The molecule has 0 saturated heterocycles. The van der Waals surface area contributed by atoms with E-state index < -0.39 is 5.91 Å². The molecule has 7 heteroatoms. The fourth-order valence-electron chi connectivity index (χ4n) is 2.50. The van der Waals surface area contributed by atoms with Crippen LogP contribution in [0.2, 0.25) is 5.02 Å². The van der Waals surface area contributed by atoms with E-state index >= 15 is 0 Å². The number of amides is 1. The molecule has 3 aromatic rings. The third-order valence-corrected chi connectivity index (χ3v) is 4.19. The smallest absolute Gasteiger partial charge is 0.289 e. The minimum atomic E-state index is -0.459. The van der Waals surface area contributed by atoms with Crippen LogP contribution in [0.4, 0.5) is 0 Å². The van der Waals surface area contributed by atoms with Crippen LogP contribution >= 0.6 is 11.6 Å². The molecule has 2 aromatic carbocycles. The fraction of sp³-hybridized carbons (Fsp3) is 0.0500. The maximum Gasteiger partial charge on any atom is 0.289 e. The Hall–Kier alpha value is -3.38. The Kier molecular flexibility index (Phi) is 5.68. The van der Waals surface area contributed by atoms with Gasteiger partial charge >= 0.3 is 0 Å². The van der Waals surface area contributed by atoms with E-state index in [1.165, 1.54) is 6.21 Å². The number of carbonyl (C=O) groups is 1. The highest BCUT2D eigenvalue weighted by atomic mass is 35.5. The van der Waals surface area contributed by atoms with E-state index in [1.807, 2.05) is 18.2 Å². The Balaban J connectivity index is 1.70. The number of hydrogen-bond donors (Lipinski definition) is 3. The normalized spacial score (nSPS) is 10.9. The second-order valence-electron chi connectivity index (χ2n) is 5.69. The molecule has 1 heterocycles. The predicted octanol–water partition coefficient (Wildman–Crippen LogP) is 3.93. The number of nitrogens with zero attached hydrogens (tertiary/aromatic N) is 2. The Morgan fingerprint density at radius 1 is 1.30 bits per heavy atom. The second-order valence-corrected chi connectivity index (χ2v) is 6.10. The van der Waals surface area contributed by atoms with Crippen LogP contribution in [-0.2, 0) is 6.42 Å². The van der Waals surface area contributed by atoms with Gasteiger partial charge in [-0.25, -0.2) is 5.43 Å². The lowest BCUT2D eigenvalue weighted by molar-refractivity contribution is 0.0950. The highest BCUT2D eigenvalue weighted by Gasteiger charge is 2.12. The number of aromatic amines is 1. The maximum absolute atomic E-state index is 12.2. The van der Waals surface area contributed by atoms with Crippen molar-refractivity contribution in [2.24, 2.45) is 5.10 Å². The number of phenolic OH excluding ortho intramolecular Hbond substituents is 1. The van der Waals surface area contributed by atoms with Crippen LogP contribution in [0.5, 0.6) is 5.75 Å². The number of halogens is 1. The zero-order valence-electron chi connectivity index (χ0n) is 14.3. The number of aromatic hydroxyl groups is 1. The summed E-state index contributed by atoms with van der Waals surface area (Å²) in [5.41, 5.74) is 5.16. The zero-order chi connectivity index (χ0) is 19.2. The first-order valence-electron chi connectivity index (χ1n) is 8.15. The lowest BCUT2D eigenvalue weighted by Crippen LogP contribution is -2.18. The van der Waals surface area contributed by atoms with Gasteiger partial charge in [0.2, 0.25) is 0 Å². The number of allylic oxidation sites excluding steroid dienone is 1. The van der Waals surface area contributed by atoms with E-state index in [-0.39, 0.29) is 11.4 Å². The van der Waals surface area contributed by atoms with Crippen molar-refractivity contribution < 1.29 is 9.90 Å². The van der Waals surface area contributed by atoms with Crippen molar-refractivity contribution in [1.82, 2.24) is 15.6 Å². The van der Waals surface area contributed by atoms with Gasteiger partial charge in [-0.15, -0.1) is 6.58 Å². The van der Waals surface area contributed by atoms with E-state index in [4.69, 9.17) is 11.6 Å². The van der Waals surface area contributed by atoms with E-state index in [2.05, 4.69) is 27.3 Å². The summed E-state index contributed by atoms with van der Waals surface area (Å²) in [6, 6.07) is 14.1. The predicted molar refractivity (Wildman–Crippen MR) is 106 cm³/mol. The summed E-state index contributed by atoms with van der Waals surface area (Å²) in [7, 11) is 0. The monoisotopic (exact) mass is 380 g/mol. The molecule has 27 heavy (non-hydrogen) atoms. The minimum absolute atomic E-state index is 0.109. The molecule has 136 valence electrons. The van der Waals surface area contributed by atoms with Crippen molar-refractivity contribution in [1.29, 1.82) is 0 Å². The number of benzene rings is 2. The lowest BCUT2D eigenvalue weighted by Gasteiger charge is -2.04. The third-order valence-electron chi connectivity index (χ3n) is 3.86. The molecule has 1 aromatic heterocycles. The van der Waals surface area contributed by atoms with E-state index in [0.29, 0.717) is 22.7 Å². The van der Waals surface area contributed by atoms with Crippen LogP contribution in [-0.4, -0.2) is 27.4 Å². The van der Waals surface area contributed by atoms with E-state index in [1.54, 1.807) is 36.4 Å². The highest BCUT2D eigenvalue weighted by molar-refractivity contribution is 6.33. The highest BCUT2D eigenvalue weighted by Crippen LogP contribution is 2.26. The number of para-hydroxylation sites is 1. The summed E-state index contributed by atoms with van der Waals surface area (Å²) in [5.74, 6) is -0.350. The topological polar surface area (TPSA) is 90.4 Å². The van der Waals surface area contributed by atoms with Gasteiger partial charge in [0.1, 0.15) is 11.4 Å². The molecule has 3 N–H and O–H groups in total. The number of hydrogen-bond acceptors (Lipinski definition) is 4. The molecule has 0 spiro atoms. The Labute approximate surface area is 161 Å². The molecule has 0 aliphatic heterocycles. The molecule has 0 bridgehead atoms. The molecule has 6 nitrogen and oxygen atoms in total. The average Bonchev–Trinajstić information content (AvgIpc) is 3.15. The number of nitrogens with one attached hydrogen (secondary N) is 2. The first kappa shape index (κ1) is 18.4. The Morgan fingerprint density at radius 2 is 2.11 bits per heavy atom. The van der Waals surface area contributed by atoms with Gasteiger partial charge in [0.25, 0.3) is 5.91 Å². The van der Waals surface area contributed by atoms with Gasteiger partial charge in [0.15, 0.2) is 0 Å². The fourth-order valence-corrected chi connectivity index (χ4v) is 2.73. The maximum atomic E-state index is 12.2. The van der Waals surface area contributed by atoms with Crippen LogP contribution in [0, 0.1) is 0 Å². The molecule has 0 saturated carbocycles. The molecular formula is C20H17ClN4O2. The van der Waals surface area contributed by atoms with Crippen LogP contribution < -0.4 is 5.43 Å². The first-order chi connectivity index (χ1) is 13.1. The molecular weight excluding hydrogens is 364 g/mol. The largest absolute Gasteiger partial charge is 0.507 e. The van der Waals surface area contributed by atoms with Crippen molar-refractivity contribution in [3.8, 4) is 17.0 Å². The zero-order valence-corrected chi connectivity index (χ0v) is 15.1. The molecule has 0 aliphatic rings. The van der Waals surface area contributed by atoms with Crippen molar-refractivity contribution in [3.63, 3.8) is 0 Å². The third kappa shape index (κ3) is 4.24. The van der Waals surface area contributed by atoms with Gasteiger partial charge < -0.3 is 5.11 Å². The summed E-state index contributed by atoms with van der Waals surface area (Å²) in [6.07, 6.45) is 3.62. The van der Waals surface area contributed by atoms with Crippen LogP contribution in [0.15, 0.2) is 66.3 Å². The van der Waals surface area contributed by atoms with Gasteiger partial charge in [-0.3, -0.25) is 9.89 Å². The van der Waals surface area contributed by atoms with Crippen molar-refractivity contribution in [3.05, 3.63) is 83.0 Å². The van der Waals surface area contributed by atoms with E-state index in [9.17, 15) is 9.90 Å². The van der Waals surface area contributed by atoms with Gasteiger partial charge in [-0.2, -0.15) is 10.2 Å². The van der Waals surface area contributed by atoms with Crippen LogP contribution in [0.3, 0.4) is 0 Å².